The van der Waals surface area contributed by atoms with Crippen molar-refractivity contribution in [2.24, 2.45) is 0 Å². The highest BCUT2D eigenvalue weighted by Gasteiger charge is 2.59. The van der Waals surface area contributed by atoms with Crippen molar-refractivity contribution in [2.75, 3.05) is 0 Å². The Labute approximate surface area is 132 Å². The number of benzene rings is 1. The van der Waals surface area contributed by atoms with Crippen LogP contribution in [0.2, 0.25) is 0 Å². The van der Waals surface area contributed by atoms with Gasteiger partial charge < -0.3 is 0 Å². The molecule has 0 N–H and O–H groups in total. The predicted octanol–water partition coefficient (Wildman–Crippen LogP) is 5.37. The third-order valence-electron chi connectivity index (χ3n) is 3.44. The molecule has 2 nitrogen and oxygen atoms in total. The van der Waals surface area contributed by atoms with E-state index >= 15 is 0 Å². The van der Waals surface area contributed by atoms with Gasteiger partial charge in [0.15, 0.2) is 0 Å². The van der Waals surface area contributed by atoms with Crippen LogP contribution in [0.5, 0.6) is 0 Å². The Kier molecular flexibility index (Phi) is 4.41. The number of hydrogen-bond acceptors (Lipinski definition) is 1. The van der Waals surface area contributed by atoms with Gasteiger partial charge in [-0.05, 0) is 12.1 Å². The van der Waals surface area contributed by atoms with Gasteiger partial charge in [-0.25, -0.2) is 4.98 Å². The zero-order chi connectivity index (χ0) is 18.3. The van der Waals surface area contributed by atoms with Gasteiger partial charge in [0, 0.05) is 23.9 Å². The summed E-state index contributed by atoms with van der Waals surface area (Å²) >= 11 is 0. The fraction of sp³-hybridized carbons (Fsp3) is 0.400. The van der Waals surface area contributed by atoms with Crippen LogP contribution >= 0.6 is 0 Å². The van der Waals surface area contributed by atoms with Gasteiger partial charge in [-0.3, -0.25) is 4.57 Å². The van der Waals surface area contributed by atoms with Gasteiger partial charge in [0.25, 0.3) is 0 Å². The van der Waals surface area contributed by atoms with E-state index < -0.39 is 35.2 Å². The molecule has 0 amide bonds. The van der Waals surface area contributed by atoms with Crippen LogP contribution in [0.4, 0.5) is 30.7 Å². The Morgan fingerprint density at radius 2 is 1.38 bits per heavy atom. The van der Waals surface area contributed by atoms with Crippen LogP contribution in [-0.4, -0.2) is 9.55 Å². The van der Waals surface area contributed by atoms with Gasteiger partial charge in [-0.1, -0.05) is 26.0 Å². The Balaban J connectivity index is 2.46. The maximum atomic E-state index is 14.4. The van der Waals surface area contributed by atoms with Crippen molar-refractivity contribution in [1.29, 1.82) is 0 Å². The molecule has 0 aliphatic rings. The first-order valence-electron chi connectivity index (χ1n) is 6.86. The zero-order valence-electron chi connectivity index (χ0n) is 12.6. The summed E-state index contributed by atoms with van der Waals surface area (Å²) in [4.78, 5) is 3.64. The second kappa shape index (κ2) is 5.78. The van der Waals surface area contributed by atoms with Crippen LogP contribution in [0.1, 0.15) is 36.7 Å². The molecule has 2 aromatic rings. The molecule has 24 heavy (non-hydrogen) atoms. The van der Waals surface area contributed by atoms with Crippen molar-refractivity contribution in [3.05, 3.63) is 53.6 Å². The molecule has 1 heterocycles. The first-order chi connectivity index (χ1) is 10.9. The van der Waals surface area contributed by atoms with Crippen molar-refractivity contribution in [2.45, 2.75) is 37.9 Å². The lowest BCUT2D eigenvalue weighted by Crippen LogP contribution is -2.41. The maximum absolute atomic E-state index is 14.4. The summed E-state index contributed by atoms with van der Waals surface area (Å²) in [6, 6.07) is -3.30. The molecule has 0 aliphatic heterocycles. The quantitative estimate of drug-likeness (QED) is 0.675. The first kappa shape index (κ1) is 18.3. The number of hydrogen-bond donors (Lipinski definition) is 0. The van der Waals surface area contributed by atoms with Gasteiger partial charge in [-0.2, -0.15) is 30.7 Å². The molecule has 0 unspecified atom stereocenters. The van der Waals surface area contributed by atoms with Gasteiger partial charge in [0.2, 0.25) is 0 Å². The third-order valence-corrected chi connectivity index (χ3v) is 3.44. The van der Waals surface area contributed by atoms with E-state index in [0.29, 0.717) is 30.5 Å². The number of nitrogens with zero attached hydrogens (tertiary/aromatic N) is 2. The van der Waals surface area contributed by atoms with Crippen molar-refractivity contribution < 1.29 is 30.7 Å². The highest BCUT2D eigenvalue weighted by molar-refractivity contribution is 5.28. The predicted molar refractivity (Wildman–Crippen MR) is 71.8 cm³/mol. The van der Waals surface area contributed by atoms with Crippen LogP contribution in [0.15, 0.2) is 36.7 Å². The van der Waals surface area contributed by atoms with Gasteiger partial charge >= 0.3 is 18.1 Å². The van der Waals surface area contributed by atoms with Crippen LogP contribution in [-0.2, 0) is 18.1 Å². The van der Waals surface area contributed by atoms with E-state index in [-0.39, 0.29) is 10.4 Å². The molecule has 0 saturated heterocycles. The Hall–Kier alpha value is -2.06. The molecule has 0 saturated carbocycles. The van der Waals surface area contributed by atoms with E-state index in [1.807, 2.05) is 0 Å². The second-order valence-electron chi connectivity index (χ2n) is 5.50. The highest BCUT2D eigenvalue weighted by Crippen LogP contribution is 2.47. The Bertz CT molecular complexity index is 699. The summed E-state index contributed by atoms with van der Waals surface area (Å²) in [5.74, 6) is -5.53. The normalized spacial score (nSPS) is 13.6. The molecule has 2 rings (SSSR count). The Morgan fingerprint density at radius 3 is 1.83 bits per heavy atom. The van der Waals surface area contributed by atoms with Gasteiger partial charge in [0.05, 0.1) is 5.56 Å². The lowest BCUT2D eigenvalue weighted by molar-refractivity contribution is -0.269. The number of alkyl halides is 7. The van der Waals surface area contributed by atoms with Crippen LogP contribution < -0.4 is 0 Å². The fourth-order valence-electron chi connectivity index (χ4n) is 2.17. The summed E-state index contributed by atoms with van der Waals surface area (Å²) in [6.07, 6.45) is -3.06. The monoisotopic (exact) mass is 354 g/mol. The van der Waals surface area contributed by atoms with Crippen molar-refractivity contribution >= 4 is 0 Å². The van der Waals surface area contributed by atoms with Crippen LogP contribution in [0.25, 0.3) is 0 Å². The molecule has 0 radical (unpaired) electrons. The molecule has 0 spiro atoms. The summed E-state index contributed by atoms with van der Waals surface area (Å²) in [7, 11) is 0. The molecule has 0 bridgehead atoms. The number of halogens is 7. The van der Waals surface area contributed by atoms with Crippen LogP contribution in [0.3, 0.4) is 0 Å². The van der Waals surface area contributed by atoms with Gasteiger partial charge in [-0.15, -0.1) is 0 Å². The molecular formula is C15H13F7N2. The van der Waals surface area contributed by atoms with Crippen LogP contribution in [0, 0.1) is 0 Å². The lowest BCUT2D eigenvalue weighted by atomic mass is 10.0. The minimum Gasteiger partial charge on any atom is -0.269 e. The summed E-state index contributed by atoms with van der Waals surface area (Å²) in [5, 5.41) is 0. The van der Waals surface area contributed by atoms with E-state index in [0.717, 1.165) is 6.20 Å². The van der Waals surface area contributed by atoms with E-state index in [1.54, 1.807) is 0 Å². The zero-order valence-corrected chi connectivity index (χ0v) is 12.6. The molecule has 1 aromatic carbocycles. The summed E-state index contributed by atoms with van der Waals surface area (Å²) in [6.45, 7) is 3.01. The maximum Gasteiger partial charge on any atom is 0.416 e. The lowest BCUT2D eigenvalue weighted by Gasteiger charge is -2.29. The summed E-state index contributed by atoms with van der Waals surface area (Å²) in [5.41, 5.74) is -2.42. The summed E-state index contributed by atoms with van der Waals surface area (Å²) < 4.78 is 94.7. The molecular weight excluding hydrogens is 341 g/mol. The molecule has 0 atom stereocenters. The van der Waals surface area contributed by atoms with E-state index in [9.17, 15) is 30.7 Å². The second-order valence-corrected chi connectivity index (χ2v) is 5.50. The smallest absolute Gasteiger partial charge is 0.269 e. The molecule has 0 aliphatic carbocycles. The van der Waals surface area contributed by atoms with E-state index in [4.69, 9.17) is 0 Å². The average Bonchev–Trinajstić information content (AvgIpc) is 2.96. The standard InChI is InChI=1S/C15H13F7N2/c1-9(2)12-23-7-8-24(12)15(21,22)13(16,17)10-3-5-11(6-4-10)14(18,19)20/h3-9H,1-2H3. The number of imidazole rings is 1. The van der Waals surface area contributed by atoms with Crippen molar-refractivity contribution in [1.82, 2.24) is 9.55 Å². The number of aromatic nitrogens is 2. The van der Waals surface area contributed by atoms with Crippen molar-refractivity contribution in [3.63, 3.8) is 0 Å². The van der Waals surface area contributed by atoms with E-state index in [2.05, 4.69) is 4.98 Å². The Morgan fingerprint density at radius 1 is 0.875 bits per heavy atom. The van der Waals surface area contributed by atoms with Crippen molar-refractivity contribution in [3.8, 4) is 0 Å². The molecule has 1 aromatic heterocycles. The topological polar surface area (TPSA) is 17.8 Å². The minimum atomic E-state index is -4.74. The SMILES string of the molecule is CC(C)c1nccn1C(F)(F)C(F)(F)c1ccc(C(F)(F)F)cc1. The highest BCUT2D eigenvalue weighted by atomic mass is 19.4. The average molecular weight is 354 g/mol. The third kappa shape index (κ3) is 2.99. The minimum absolute atomic E-state index is 0.0509. The largest absolute Gasteiger partial charge is 0.416 e. The number of rotatable bonds is 4. The molecule has 132 valence electrons. The molecule has 0 fully saturated rings. The van der Waals surface area contributed by atoms with Gasteiger partial charge in [0.1, 0.15) is 5.82 Å². The first-order valence-corrected chi connectivity index (χ1v) is 6.86. The molecule has 9 heteroatoms. The van der Waals surface area contributed by atoms with E-state index in [1.165, 1.54) is 13.8 Å². The fourth-order valence-corrected chi connectivity index (χ4v) is 2.17.